The molecule has 8 heteroatoms. The van der Waals surface area contributed by atoms with Crippen LogP contribution in [0.3, 0.4) is 0 Å². The molecule has 144 valence electrons. The lowest BCUT2D eigenvalue weighted by Crippen LogP contribution is -2.27. The maximum Gasteiger partial charge on any atom is 0.258 e. The first-order valence-corrected chi connectivity index (χ1v) is 9.70. The minimum absolute atomic E-state index is 0.0818. The van der Waals surface area contributed by atoms with Crippen molar-refractivity contribution < 1.29 is 4.79 Å². The van der Waals surface area contributed by atoms with Crippen LogP contribution in [0.5, 0.6) is 0 Å². The zero-order chi connectivity index (χ0) is 19.4. The molecule has 28 heavy (non-hydrogen) atoms. The minimum Gasteiger partial charge on any atom is -0.328 e. The van der Waals surface area contributed by atoms with E-state index in [1.165, 1.54) is 17.4 Å². The predicted octanol–water partition coefficient (Wildman–Crippen LogP) is 2.10. The first-order valence-electron chi connectivity index (χ1n) is 9.70. The van der Waals surface area contributed by atoms with E-state index in [9.17, 15) is 9.59 Å². The summed E-state index contributed by atoms with van der Waals surface area (Å²) in [4.78, 5) is 40.6. The number of hydrogen-bond acceptors (Lipinski definition) is 5. The summed E-state index contributed by atoms with van der Waals surface area (Å²) in [5, 5.41) is 0. The standard InChI is InChI=1S/C20H22N6O2/c1-12-23-17-10-25(9-15(17)20(28)24(12)2)19(27)13-7-16-18(21-8-13)26(11-22-16)14-5-3-4-6-14/h7-8,11,14H,3-6,9-10H2,1-2H3. The van der Waals surface area contributed by atoms with Gasteiger partial charge in [0, 0.05) is 19.3 Å². The second kappa shape index (κ2) is 6.25. The molecule has 0 radical (unpaired) electrons. The minimum atomic E-state index is -0.150. The van der Waals surface area contributed by atoms with Gasteiger partial charge in [-0.05, 0) is 25.8 Å². The topological polar surface area (TPSA) is 85.9 Å². The molecule has 0 aromatic carbocycles. The highest BCUT2D eigenvalue weighted by molar-refractivity contribution is 5.96. The number of hydrogen-bond donors (Lipinski definition) is 0. The SMILES string of the molecule is Cc1nc2c(c(=O)n1C)CN(C(=O)c1cnc3c(c1)ncn3C1CCCC1)C2. The van der Waals surface area contributed by atoms with Gasteiger partial charge < -0.3 is 9.47 Å². The number of rotatable bonds is 2. The summed E-state index contributed by atoms with van der Waals surface area (Å²) in [6.07, 6.45) is 8.25. The summed E-state index contributed by atoms with van der Waals surface area (Å²) in [6.45, 7) is 2.42. The molecule has 0 unspecified atom stereocenters. The zero-order valence-corrected chi connectivity index (χ0v) is 16.1. The highest BCUT2D eigenvalue weighted by atomic mass is 16.2. The van der Waals surface area contributed by atoms with Crippen molar-refractivity contribution in [3.8, 4) is 0 Å². The van der Waals surface area contributed by atoms with E-state index < -0.39 is 0 Å². The normalized spacial score (nSPS) is 16.9. The van der Waals surface area contributed by atoms with E-state index in [2.05, 4.69) is 19.5 Å². The van der Waals surface area contributed by atoms with Crippen LogP contribution in [-0.4, -0.2) is 34.9 Å². The average Bonchev–Trinajstić information content (AvgIpc) is 3.43. The van der Waals surface area contributed by atoms with Crippen molar-refractivity contribution in [2.24, 2.45) is 7.05 Å². The van der Waals surface area contributed by atoms with Gasteiger partial charge in [0.1, 0.15) is 11.3 Å². The lowest BCUT2D eigenvalue weighted by molar-refractivity contribution is 0.0750. The van der Waals surface area contributed by atoms with Crippen molar-refractivity contribution >= 4 is 17.1 Å². The molecule has 1 amide bonds. The molecule has 0 bridgehead atoms. The Kier molecular flexibility index (Phi) is 3.82. The second-order valence-corrected chi connectivity index (χ2v) is 7.77. The summed E-state index contributed by atoms with van der Waals surface area (Å²) in [7, 11) is 1.70. The van der Waals surface area contributed by atoms with Crippen molar-refractivity contribution in [1.29, 1.82) is 0 Å². The van der Waals surface area contributed by atoms with Gasteiger partial charge in [-0.3, -0.25) is 14.2 Å². The van der Waals surface area contributed by atoms with Crippen LogP contribution in [0.1, 0.15) is 59.2 Å². The Morgan fingerprint density at radius 3 is 2.75 bits per heavy atom. The summed E-state index contributed by atoms with van der Waals surface area (Å²) >= 11 is 0. The number of nitrogens with zero attached hydrogens (tertiary/aromatic N) is 6. The van der Waals surface area contributed by atoms with Gasteiger partial charge in [-0.1, -0.05) is 12.8 Å². The molecule has 3 aromatic heterocycles. The van der Waals surface area contributed by atoms with Crippen molar-refractivity contribution in [3.05, 3.63) is 51.6 Å². The zero-order valence-electron chi connectivity index (χ0n) is 16.1. The van der Waals surface area contributed by atoms with Crippen molar-refractivity contribution in [2.75, 3.05) is 0 Å². The van der Waals surface area contributed by atoms with Crippen LogP contribution in [-0.2, 0) is 20.1 Å². The first kappa shape index (κ1) is 17.1. The smallest absolute Gasteiger partial charge is 0.258 e. The van der Waals surface area contributed by atoms with Crippen LogP contribution in [0.2, 0.25) is 0 Å². The number of aryl methyl sites for hydroxylation is 1. The van der Waals surface area contributed by atoms with E-state index in [1.807, 2.05) is 6.33 Å². The molecular formula is C20H22N6O2. The molecule has 1 aliphatic heterocycles. The van der Waals surface area contributed by atoms with E-state index >= 15 is 0 Å². The number of imidazole rings is 1. The molecule has 3 aromatic rings. The lowest BCUT2D eigenvalue weighted by atomic mass is 10.2. The van der Waals surface area contributed by atoms with Gasteiger partial charge in [0.25, 0.3) is 11.5 Å². The fraction of sp³-hybridized carbons (Fsp3) is 0.450. The Morgan fingerprint density at radius 1 is 1.18 bits per heavy atom. The summed E-state index contributed by atoms with van der Waals surface area (Å²) in [6, 6.07) is 2.26. The largest absolute Gasteiger partial charge is 0.328 e. The van der Waals surface area contributed by atoms with Gasteiger partial charge in [0.15, 0.2) is 5.65 Å². The predicted molar refractivity (Wildman–Crippen MR) is 103 cm³/mol. The first-order chi connectivity index (χ1) is 13.5. The molecule has 1 fully saturated rings. The van der Waals surface area contributed by atoms with E-state index in [-0.39, 0.29) is 18.0 Å². The fourth-order valence-electron chi connectivity index (χ4n) is 4.34. The summed E-state index contributed by atoms with van der Waals surface area (Å²) < 4.78 is 3.66. The molecule has 5 rings (SSSR count). The molecule has 2 aliphatic rings. The van der Waals surface area contributed by atoms with E-state index in [0.717, 1.165) is 24.0 Å². The second-order valence-electron chi connectivity index (χ2n) is 7.77. The third-order valence-corrected chi connectivity index (χ3v) is 6.05. The number of fused-ring (bicyclic) bond motifs is 2. The fourth-order valence-corrected chi connectivity index (χ4v) is 4.34. The molecule has 1 saturated carbocycles. The van der Waals surface area contributed by atoms with Crippen LogP contribution in [0.15, 0.2) is 23.4 Å². The molecule has 0 spiro atoms. The Balaban J connectivity index is 1.43. The van der Waals surface area contributed by atoms with E-state index in [0.29, 0.717) is 35.2 Å². The number of carbonyl (C=O) groups excluding carboxylic acids is 1. The molecule has 0 N–H and O–H groups in total. The van der Waals surface area contributed by atoms with E-state index in [1.54, 1.807) is 31.1 Å². The molecule has 4 heterocycles. The maximum absolute atomic E-state index is 13.0. The molecule has 8 nitrogen and oxygen atoms in total. The van der Waals surface area contributed by atoms with Crippen LogP contribution in [0.4, 0.5) is 0 Å². The van der Waals surface area contributed by atoms with E-state index in [4.69, 9.17) is 0 Å². The average molecular weight is 378 g/mol. The van der Waals surface area contributed by atoms with Gasteiger partial charge in [-0.2, -0.15) is 0 Å². The van der Waals surface area contributed by atoms with Crippen LogP contribution in [0, 0.1) is 6.92 Å². The molecule has 1 aliphatic carbocycles. The monoisotopic (exact) mass is 378 g/mol. The Labute approximate surface area is 161 Å². The number of carbonyl (C=O) groups is 1. The van der Waals surface area contributed by atoms with Gasteiger partial charge >= 0.3 is 0 Å². The van der Waals surface area contributed by atoms with Gasteiger partial charge in [-0.15, -0.1) is 0 Å². The Bertz CT molecular complexity index is 1160. The van der Waals surface area contributed by atoms with Crippen molar-refractivity contribution in [2.45, 2.75) is 51.7 Å². The Morgan fingerprint density at radius 2 is 1.96 bits per heavy atom. The van der Waals surface area contributed by atoms with Crippen molar-refractivity contribution in [1.82, 2.24) is 29.0 Å². The highest BCUT2D eigenvalue weighted by Gasteiger charge is 2.29. The van der Waals surface area contributed by atoms with Crippen LogP contribution in [0.25, 0.3) is 11.2 Å². The third kappa shape index (κ3) is 2.55. The maximum atomic E-state index is 13.0. The van der Waals surface area contributed by atoms with Gasteiger partial charge in [-0.25, -0.2) is 15.0 Å². The summed E-state index contributed by atoms with van der Waals surface area (Å²) in [5.74, 6) is 0.501. The number of aromatic nitrogens is 5. The van der Waals surface area contributed by atoms with Crippen LogP contribution >= 0.6 is 0 Å². The summed E-state index contributed by atoms with van der Waals surface area (Å²) in [5.41, 5.74) is 3.26. The highest BCUT2D eigenvalue weighted by Crippen LogP contribution is 2.31. The number of pyridine rings is 1. The molecular weight excluding hydrogens is 356 g/mol. The van der Waals surface area contributed by atoms with Crippen molar-refractivity contribution in [3.63, 3.8) is 0 Å². The molecule has 0 atom stereocenters. The third-order valence-electron chi connectivity index (χ3n) is 6.05. The lowest BCUT2D eigenvalue weighted by Gasteiger charge is -2.15. The van der Waals surface area contributed by atoms with Gasteiger partial charge in [0.05, 0.1) is 36.2 Å². The molecule has 0 saturated heterocycles. The quantitative estimate of drug-likeness (QED) is 0.682. The Hall–Kier alpha value is -3.03. The van der Waals surface area contributed by atoms with Crippen LogP contribution < -0.4 is 5.56 Å². The number of amides is 1. The van der Waals surface area contributed by atoms with Gasteiger partial charge in [0.2, 0.25) is 0 Å².